The van der Waals surface area contributed by atoms with Crippen LogP contribution in [0.25, 0.3) is 0 Å². The lowest BCUT2D eigenvalue weighted by Crippen LogP contribution is -2.21. The van der Waals surface area contributed by atoms with E-state index in [1.54, 1.807) is 0 Å². The molecule has 0 aliphatic carbocycles. The molecule has 2 rings (SSSR count). The standard InChI is InChI=1S/C16H18FN/c1-13(15-8-10-16(17)11-9-15)18(2)12-14-6-4-3-5-7-14/h3-11,13H,12H2,1-2H3. The average Bonchev–Trinajstić information content (AvgIpc) is 2.40. The largest absolute Gasteiger partial charge is 0.295 e. The van der Waals surface area contributed by atoms with Crippen LogP contribution in [0, 0.1) is 5.82 Å². The maximum atomic E-state index is 12.9. The molecule has 94 valence electrons. The molecule has 0 spiro atoms. The van der Waals surface area contributed by atoms with Crippen molar-refractivity contribution in [2.75, 3.05) is 7.05 Å². The number of benzene rings is 2. The fourth-order valence-corrected chi connectivity index (χ4v) is 2.00. The minimum absolute atomic E-state index is 0.184. The minimum atomic E-state index is -0.184. The minimum Gasteiger partial charge on any atom is -0.295 e. The third-order valence-corrected chi connectivity index (χ3v) is 3.29. The zero-order chi connectivity index (χ0) is 13.0. The average molecular weight is 243 g/mol. The highest BCUT2D eigenvalue weighted by Crippen LogP contribution is 2.20. The normalized spacial score (nSPS) is 12.7. The van der Waals surface area contributed by atoms with Gasteiger partial charge in [0.05, 0.1) is 0 Å². The molecule has 0 aliphatic rings. The SMILES string of the molecule is CC(c1ccc(F)cc1)N(C)Cc1ccccc1. The van der Waals surface area contributed by atoms with Crippen molar-refractivity contribution in [1.82, 2.24) is 4.90 Å². The van der Waals surface area contributed by atoms with Gasteiger partial charge in [0, 0.05) is 12.6 Å². The van der Waals surface area contributed by atoms with Crippen molar-refractivity contribution in [1.29, 1.82) is 0 Å². The second kappa shape index (κ2) is 5.78. The Morgan fingerprint density at radius 1 is 1.00 bits per heavy atom. The third kappa shape index (κ3) is 3.17. The molecule has 1 nitrogen and oxygen atoms in total. The van der Waals surface area contributed by atoms with E-state index in [4.69, 9.17) is 0 Å². The molecule has 1 atom stereocenters. The fraction of sp³-hybridized carbons (Fsp3) is 0.250. The molecule has 1 unspecified atom stereocenters. The molecular weight excluding hydrogens is 225 g/mol. The van der Waals surface area contributed by atoms with Gasteiger partial charge >= 0.3 is 0 Å². The summed E-state index contributed by atoms with van der Waals surface area (Å²) in [7, 11) is 2.08. The van der Waals surface area contributed by atoms with Gasteiger partial charge in [0.2, 0.25) is 0 Å². The molecule has 2 heteroatoms. The molecule has 0 bridgehead atoms. The van der Waals surface area contributed by atoms with Crippen LogP contribution in [-0.2, 0) is 6.54 Å². The number of rotatable bonds is 4. The summed E-state index contributed by atoms with van der Waals surface area (Å²) in [5, 5.41) is 0. The van der Waals surface area contributed by atoms with Crippen LogP contribution < -0.4 is 0 Å². The maximum absolute atomic E-state index is 12.9. The Morgan fingerprint density at radius 2 is 1.61 bits per heavy atom. The van der Waals surface area contributed by atoms with Crippen molar-refractivity contribution in [3.8, 4) is 0 Å². The van der Waals surface area contributed by atoms with Crippen LogP contribution >= 0.6 is 0 Å². The molecule has 0 radical (unpaired) electrons. The van der Waals surface area contributed by atoms with E-state index in [0.29, 0.717) is 0 Å². The van der Waals surface area contributed by atoms with Crippen LogP contribution in [0.1, 0.15) is 24.1 Å². The third-order valence-electron chi connectivity index (χ3n) is 3.29. The number of halogens is 1. The predicted molar refractivity (Wildman–Crippen MR) is 72.7 cm³/mol. The molecule has 0 aromatic heterocycles. The van der Waals surface area contributed by atoms with E-state index in [0.717, 1.165) is 12.1 Å². The summed E-state index contributed by atoms with van der Waals surface area (Å²) in [6.45, 7) is 3.02. The van der Waals surface area contributed by atoms with Gasteiger partial charge in [0.25, 0.3) is 0 Å². The Hall–Kier alpha value is -1.67. The summed E-state index contributed by atoms with van der Waals surface area (Å²) in [6, 6.07) is 17.4. The van der Waals surface area contributed by atoms with E-state index >= 15 is 0 Å². The quantitative estimate of drug-likeness (QED) is 0.784. The van der Waals surface area contributed by atoms with Gasteiger partial charge < -0.3 is 0 Å². The van der Waals surface area contributed by atoms with E-state index in [1.165, 1.54) is 17.7 Å². The van der Waals surface area contributed by atoms with Crippen LogP contribution in [0.4, 0.5) is 4.39 Å². The predicted octanol–water partition coefficient (Wildman–Crippen LogP) is 4.02. The van der Waals surface area contributed by atoms with Crippen molar-refractivity contribution in [2.45, 2.75) is 19.5 Å². The van der Waals surface area contributed by atoms with Crippen LogP contribution in [0.3, 0.4) is 0 Å². The van der Waals surface area contributed by atoms with Gasteiger partial charge in [-0.15, -0.1) is 0 Å². The number of nitrogens with zero attached hydrogens (tertiary/aromatic N) is 1. The van der Waals surface area contributed by atoms with Gasteiger partial charge in [-0.1, -0.05) is 42.5 Å². The first kappa shape index (κ1) is 12.8. The molecule has 2 aromatic rings. The number of hydrogen-bond donors (Lipinski definition) is 0. The van der Waals surface area contributed by atoms with E-state index in [1.807, 2.05) is 30.3 Å². The molecular formula is C16H18FN. The highest BCUT2D eigenvalue weighted by atomic mass is 19.1. The molecule has 0 saturated carbocycles. The first-order valence-corrected chi connectivity index (χ1v) is 6.16. The summed E-state index contributed by atoms with van der Waals surface area (Å²) >= 11 is 0. The Labute approximate surface area is 108 Å². The Kier molecular flexibility index (Phi) is 4.11. The van der Waals surface area contributed by atoms with Crippen molar-refractivity contribution >= 4 is 0 Å². The van der Waals surface area contributed by atoms with Crippen LogP contribution in [-0.4, -0.2) is 11.9 Å². The Balaban J connectivity index is 2.05. The van der Waals surface area contributed by atoms with Crippen LogP contribution in [0.2, 0.25) is 0 Å². The van der Waals surface area contributed by atoms with Gasteiger partial charge in [-0.25, -0.2) is 4.39 Å². The summed E-state index contributed by atoms with van der Waals surface area (Å²) < 4.78 is 12.9. The fourth-order valence-electron chi connectivity index (χ4n) is 2.00. The van der Waals surface area contributed by atoms with Crippen molar-refractivity contribution in [2.24, 2.45) is 0 Å². The first-order valence-electron chi connectivity index (χ1n) is 6.16. The Bertz CT molecular complexity index is 478. The van der Waals surface area contributed by atoms with Crippen molar-refractivity contribution in [3.63, 3.8) is 0 Å². The molecule has 0 heterocycles. The monoisotopic (exact) mass is 243 g/mol. The lowest BCUT2D eigenvalue weighted by Gasteiger charge is -2.25. The molecule has 0 aliphatic heterocycles. The van der Waals surface area contributed by atoms with Gasteiger partial charge in [0.15, 0.2) is 0 Å². The van der Waals surface area contributed by atoms with Gasteiger partial charge in [0.1, 0.15) is 5.82 Å². The van der Waals surface area contributed by atoms with Gasteiger partial charge in [-0.2, -0.15) is 0 Å². The molecule has 2 aromatic carbocycles. The van der Waals surface area contributed by atoms with E-state index in [2.05, 4.69) is 31.0 Å². The first-order chi connectivity index (χ1) is 8.66. The lowest BCUT2D eigenvalue weighted by atomic mass is 10.1. The van der Waals surface area contributed by atoms with E-state index in [-0.39, 0.29) is 11.9 Å². The molecule has 0 saturated heterocycles. The smallest absolute Gasteiger partial charge is 0.123 e. The summed E-state index contributed by atoms with van der Waals surface area (Å²) in [6.07, 6.45) is 0. The second-order valence-corrected chi connectivity index (χ2v) is 4.63. The van der Waals surface area contributed by atoms with Gasteiger partial charge in [-0.3, -0.25) is 4.90 Å². The van der Waals surface area contributed by atoms with Crippen LogP contribution in [0.15, 0.2) is 54.6 Å². The summed E-state index contributed by atoms with van der Waals surface area (Å²) in [5.74, 6) is -0.184. The maximum Gasteiger partial charge on any atom is 0.123 e. The molecule has 0 fully saturated rings. The number of hydrogen-bond acceptors (Lipinski definition) is 1. The van der Waals surface area contributed by atoms with Crippen molar-refractivity contribution < 1.29 is 4.39 Å². The van der Waals surface area contributed by atoms with E-state index < -0.39 is 0 Å². The molecule has 0 N–H and O–H groups in total. The zero-order valence-electron chi connectivity index (χ0n) is 10.8. The Morgan fingerprint density at radius 3 is 2.22 bits per heavy atom. The topological polar surface area (TPSA) is 3.24 Å². The highest BCUT2D eigenvalue weighted by Gasteiger charge is 2.11. The van der Waals surface area contributed by atoms with Crippen molar-refractivity contribution in [3.05, 3.63) is 71.5 Å². The van der Waals surface area contributed by atoms with Gasteiger partial charge in [-0.05, 0) is 37.2 Å². The zero-order valence-corrected chi connectivity index (χ0v) is 10.8. The van der Waals surface area contributed by atoms with E-state index in [9.17, 15) is 4.39 Å². The highest BCUT2D eigenvalue weighted by molar-refractivity contribution is 5.20. The second-order valence-electron chi connectivity index (χ2n) is 4.63. The lowest BCUT2D eigenvalue weighted by molar-refractivity contribution is 0.253. The van der Waals surface area contributed by atoms with Crippen LogP contribution in [0.5, 0.6) is 0 Å². The summed E-state index contributed by atoms with van der Waals surface area (Å²) in [5.41, 5.74) is 2.42. The summed E-state index contributed by atoms with van der Waals surface area (Å²) in [4.78, 5) is 2.25. The molecule has 0 amide bonds. The molecule has 18 heavy (non-hydrogen) atoms.